The van der Waals surface area contributed by atoms with E-state index in [-0.39, 0.29) is 23.2 Å². The summed E-state index contributed by atoms with van der Waals surface area (Å²) in [6, 6.07) is 1.40. The summed E-state index contributed by atoms with van der Waals surface area (Å²) in [5.74, 6) is -0.0762. The Kier molecular flexibility index (Phi) is 5.35. The van der Waals surface area contributed by atoms with Crippen molar-refractivity contribution in [2.45, 2.75) is 24.3 Å². The monoisotopic (exact) mass is 377 g/mol. The predicted octanol–water partition coefficient (Wildman–Crippen LogP) is -0.338. The fourth-order valence-electron chi connectivity index (χ4n) is 2.67. The average molecular weight is 377 g/mol. The van der Waals surface area contributed by atoms with Crippen molar-refractivity contribution in [2.75, 3.05) is 26.2 Å². The maximum atomic E-state index is 12.6. The van der Waals surface area contributed by atoms with Crippen molar-refractivity contribution in [3.63, 3.8) is 0 Å². The Labute approximate surface area is 153 Å². The van der Waals surface area contributed by atoms with Crippen LogP contribution in [-0.2, 0) is 4.79 Å². The van der Waals surface area contributed by atoms with E-state index in [2.05, 4.69) is 25.1 Å². The number of hydrogen-bond donors (Lipinski definition) is 2. The van der Waals surface area contributed by atoms with Crippen molar-refractivity contribution < 1.29 is 9.59 Å². The topological polar surface area (TPSA) is 128 Å². The van der Waals surface area contributed by atoms with Gasteiger partial charge in [0.2, 0.25) is 11.7 Å². The van der Waals surface area contributed by atoms with Gasteiger partial charge in [-0.2, -0.15) is 5.10 Å². The van der Waals surface area contributed by atoms with Gasteiger partial charge >= 0.3 is 0 Å². The Morgan fingerprint density at radius 3 is 2.54 bits per heavy atom. The standard InChI is InChI=1S/C15H19N7O3S/c1-9-7-11(23)19-15(18-9)26-10(2)13(24)21-3-5-22(6-4-21)14(25)12-16-8-17-20-12/h7-8,10H,3-6H2,1-2H3,(H,16,17,20)(H,18,19,23)/t10-/m1/s1. The Bertz CT molecular complexity index is 843. The molecule has 1 aliphatic heterocycles. The molecular formula is C15H19N7O3S. The Hall–Kier alpha value is -2.69. The van der Waals surface area contributed by atoms with E-state index >= 15 is 0 Å². The largest absolute Gasteiger partial charge is 0.338 e. The highest BCUT2D eigenvalue weighted by Crippen LogP contribution is 2.21. The predicted molar refractivity (Wildman–Crippen MR) is 93.8 cm³/mol. The van der Waals surface area contributed by atoms with Gasteiger partial charge in [-0.25, -0.2) is 9.97 Å². The lowest BCUT2D eigenvalue weighted by molar-refractivity contribution is -0.131. The second kappa shape index (κ2) is 7.68. The summed E-state index contributed by atoms with van der Waals surface area (Å²) < 4.78 is 0. The molecule has 0 unspecified atom stereocenters. The molecule has 0 bridgehead atoms. The zero-order chi connectivity index (χ0) is 18.7. The zero-order valence-corrected chi connectivity index (χ0v) is 15.2. The molecule has 11 heteroatoms. The SMILES string of the molecule is Cc1cc(=O)[nH]c(S[C@H](C)C(=O)N2CCN(C(=O)c3ncn[nH]3)CC2)n1. The first kappa shape index (κ1) is 18.1. The Morgan fingerprint density at radius 2 is 1.92 bits per heavy atom. The van der Waals surface area contributed by atoms with Crippen molar-refractivity contribution in [3.05, 3.63) is 34.3 Å². The first-order valence-electron chi connectivity index (χ1n) is 8.12. The molecule has 3 rings (SSSR count). The van der Waals surface area contributed by atoms with E-state index < -0.39 is 5.25 Å². The fraction of sp³-hybridized carbons (Fsp3) is 0.467. The summed E-state index contributed by atoms with van der Waals surface area (Å²) >= 11 is 1.22. The number of aryl methyl sites for hydroxylation is 1. The number of amides is 2. The van der Waals surface area contributed by atoms with E-state index in [9.17, 15) is 14.4 Å². The smallest absolute Gasteiger partial charge is 0.291 e. The van der Waals surface area contributed by atoms with Gasteiger partial charge in [0.1, 0.15) is 6.33 Å². The molecule has 26 heavy (non-hydrogen) atoms. The summed E-state index contributed by atoms with van der Waals surface area (Å²) in [5.41, 5.74) is 0.370. The van der Waals surface area contributed by atoms with Gasteiger partial charge in [0, 0.05) is 37.9 Å². The molecule has 0 aromatic carbocycles. The first-order chi connectivity index (χ1) is 12.4. The minimum Gasteiger partial charge on any atom is -0.338 e. The van der Waals surface area contributed by atoms with Crippen LogP contribution in [0.5, 0.6) is 0 Å². The molecule has 1 saturated heterocycles. The van der Waals surface area contributed by atoms with Crippen LogP contribution in [0.15, 0.2) is 22.3 Å². The number of carbonyl (C=O) groups is 2. The van der Waals surface area contributed by atoms with Gasteiger partial charge in [-0.1, -0.05) is 11.8 Å². The molecule has 2 aromatic heterocycles. The zero-order valence-electron chi connectivity index (χ0n) is 14.4. The third-order valence-electron chi connectivity index (χ3n) is 3.98. The molecule has 3 heterocycles. The van der Waals surface area contributed by atoms with E-state index in [0.717, 1.165) is 0 Å². The molecule has 1 fully saturated rings. The van der Waals surface area contributed by atoms with E-state index in [1.165, 1.54) is 24.2 Å². The molecule has 138 valence electrons. The quantitative estimate of drug-likeness (QED) is 0.551. The average Bonchev–Trinajstić information content (AvgIpc) is 3.14. The lowest BCUT2D eigenvalue weighted by atomic mass is 10.2. The van der Waals surface area contributed by atoms with E-state index in [1.807, 2.05) is 0 Å². The maximum Gasteiger partial charge on any atom is 0.291 e. The minimum atomic E-state index is -0.392. The van der Waals surface area contributed by atoms with Crippen LogP contribution < -0.4 is 5.56 Å². The van der Waals surface area contributed by atoms with Crippen molar-refractivity contribution in [3.8, 4) is 0 Å². The number of carbonyl (C=O) groups excluding carboxylic acids is 2. The number of thioether (sulfide) groups is 1. The fourth-order valence-corrected chi connectivity index (χ4v) is 3.61. The van der Waals surface area contributed by atoms with E-state index in [4.69, 9.17) is 0 Å². The molecule has 1 aliphatic rings. The lowest BCUT2D eigenvalue weighted by Gasteiger charge is -2.35. The number of nitrogens with zero attached hydrogens (tertiary/aromatic N) is 5. The number of hydrogen-bond acceptors (Lipinski definition) is 7. The number of rotatable bonds is 4. The molecule has 0 spiro atoms. The second-order valence-corrected chi connectivity index (χ2v) is 7.23. The van der Waals surface area contributed by atoms with Crippen LogP contribution in [-0.4, -0.2) is 78.2 Å². The third kappa shape index (κ3) is 4.10. The van der Waals surface area contributed by atoms with Crippen LogP contribution in [0.25, 0.3) is 0 Å². The van der Waals surface area contributed by atoms with Crippen molar-refractivity contribution in [2.24, 2.45) is 0 Å². The summed E-state index contributed by atoms with van der Waals surface area (Å²) in [6.45, 7) is 5.27. The van der Waals surface area contributed by atoms with Crippen molar-refractivity contribution >= 4 is 23.6 Å². The van der Waals surface area contributed by atoms with Crippen LogP contribution in [0.3, 0.4) is 0 Å². The van der Waals surface area contributed by atoms with Crippen molar-refractivity contribution in [1.29, 1.82) is 0 Å². The van der Waals surface area contributed by atoms with Gasteiger partial charge in [0.05, 0.1) is 5.25 Å². The van der Waals surface area contributed by atoms with Crippen LogP contribution >= 0.6 is 11.8 Å². The minimum absolute atomic E-state index is 0.0501. The van der Waals surface area contributed by atoms with E-state index in [0.29, 0.717) is 37.0 Å². The number of aromatic amines is 2. The van der Waals surface area contributed by atoms with Crippen LogP contribution in [0, 0.1) is 6.92 Å². The summed E-state index contributed by atoms with van der Waals surface area (Å²) in [7, 11) is 0. The van der Waals surface area contributed by atoms with Gasteiger partial charge in [-0.15, -0.1) is 0 Å². The number of aromatic nitrogens is 5. The Balaban J connectivity index is 1.56. The second-order valence-electron chi connectivity index (χ2n) is 5.90. The van der Waals surface area contributed by atoms with Gasteiger partial charge in [0.15, 0.2) is 5.16 Å². The molecule has 1 atom stereocenters. The highest BCUT2D eigenvalue weighted by molar-refractivity contribution is 8.00. The normalized spacial score (nSPS) is 15.8. The van der Waals surface area contributed by atoms with Crippen LogP contribution in [0.4, 0.5) is 0 Å². The highest BCUT2D eigenvalue weighted by atomic mass is 32.2. The third-order valence-corrected chi connectivity index (χ3v) is 4.95. The van der Waals surface area contributed by atoms with Gasteiger partial charge < -0.3 is 14.8 Å². The molecule has 2 N–H and O–H groups in total. The number of piperazine rings is 1. The lowest BCUT2D eigenvalue weighted by Crippen LogP contribution is -2.52. The molecule has 0 saturated carbocycles. The molecule has 2 amide bonds. The molecular weight excluding hydrogens is 358 g/mol. The first-order valence-corrected chi connectivity index (χ1v) is 9.00. The maximum absolute atomic E-state index is 12.6. The van der Waals surface area contributed by atoms with Crippen LogP contribution in [0.2, 0.25) is 0 Å². The molecule has 10 nitrogen and oxygen atoms in total. The molecule has 0 aliphatic carbocycles. The van der Waals surface area contributed by atoms with Gasteiger partial charge in [0.25, 0.3) is 11.5 Å². The van der Waals surface area contributed by atoms with Crippen LogP contribution in [0.1, 0.15) is 23.2 Å². The number of H-pyrrole nitrogens is 2. The summed E-state index contributed by atoms with van der Waals surface area (Å²) in [6.07, 6.45) is 1.29. The van der Waals surface area contributed by atoms with Gasteiger partial charge in [-0.3, -0.25) is 19.5 Å². The highest BCUT2D eigenvalue weighted by Gasteiger charge is 2.29. The summed E-state index contributed by atoms with van der Waals surface area (Å²) in [5, 5.41) is 6.26. The number of nitrogens with one attached hydrogen (secondary N) is 2. The molecule has 0 radical (unpaired) electrons. The summed E-state index contributed by atoms with van der Waals surface area (Å²) in [4.78, 5) is 50.4. The molecule has 2 aromatic rings. The van der Waals surface area contributed by atoms with E-state index in [1.54, 1.807) is 23.6 Å². The van der Waals surface area contributed by atoms with Gasteiger partial charge in [-0.05, 0) is 13.8 Å². The Morgan fingerprint density at radius 1 is 1.23 bits per heavy atom. The van der Waals surface area contributed by atoms with Crippen molar-refractivity contribution in [1.82, 2.24) is 34.9 Å².